The third kappa shape index (κ3) is 6.47. The van der Waals surface area contributed by atoms with Gasteiger partial charge in [-0.1, -0.05) is 12.1 Å². The molecule has 1 unspecified atom stereocenters. The van der Waals surface area contributed by atoms with Gasteiger partial charge in [0, 0.05) is 48.4 Å². The Morgan fingerprint density at radius 1 is 1.11 bits per heavy atom. The molecule has 4 heterocycles. The minimum absolute atomic E-state index is 0.126. The van der Waals surface area contributed by atoms with Crippen molar-refractivity contribution < 1.29 is 18.0 Å². The summed E-state index contributed by atoms with van der Waals surface area (Å²) in [7, 11) is 0. The van der Waals surface area contributed by atoms with Crippen LogP contribution in [0.25, 0.3) is 22.6 Å². The molecule has 1 aliphatic rings. The number of aromatic nitrogens is 5. The minimum Gasteiger partial charge on any atom is -0.444 e. The van der Waals surface area contributed by atoms with Crippen molar-refractivity contribution in [1.82, 2.24) is 29.6 Å². The number of piperidine rings is 1. The molecule has 0 bridgehead atoms. The number of carbonyl (C=O) groups excluding carboxylic acids is 1. The van der Waals surface area contributed by atoms with Crippen LogP contribution in [0.5, 0.6) is 0 Å². The molecule has 2 aromatic carbocycles. The van der Waals surface area contributed by atoms with Gasteiger partial charge < -0.3 is 14.6 Å². The number of hydrogen-bond acceptors (Lipinski definition) is 8. The molecule has 0 aliphatic carbocycles. The van der Waals surface area contributed by atoms with E-state index in [2.05, 4.69) is 31.4 Å². The predicted octanol–water partition coefficient (Wildman–Crippen LogP) is 6.41. The first-order chi connectivity index (χ1) is 21.5. The van der Waals surface area contributed by atoms with Gasteiger partial charge in [0.2, 0.25) is 5.95 Å². The highest BCUT2D eigenvalue weighted by Crippen LogP contribution is 2.31. The summed E-state index contributed by atoms with van der Waals surface area (Å²) < 4.78 is 34.6. The average Bonchev–Trinajstić information content (AvgIpc) is 3.75. The van der Waals surface area contributed by atoms with Crippen LogP contribution in [0.4, 0.5) is 20.4 Å². The summed E-state index contributed by atoms with van der Waals surface area (Å²) in [5.74, 6) is -0.685. The van der Waals surface area contributed by atoms with Crippen molar-refractivity contribution >= 4 is 17.5 Å². The number of hydrogen-bond donors (Lipinski definition) is 1. The SMILES string of the molecule is N#CCC(CC1CCN(C(=O)c2ccc(F)cc2F)CC1)n1cc(-c2ccnc(Nc3cccc(-c4cnco4)c3)n2)cn1. The van der Waals surface area contributed by atoms with Crippen LogP contribution in [0.15, 0.2) is 84.1 Å². The van der Waals surface area contributed by atoms with Crippen molar-refractivity contribution in [2.24, 2.45) is 5.92 Å². The molecule has 1 amide bonds. The third-order valence-corrected chi connectivity index (χ3v) is 7.76. The van der Waals surface area contributed by atoms with E-state index in [0.29, 0.717) is 49.8 Å². The van der Waals surface area contributed by atoms with Crippen LogP contribution in [0.3, 0.4) is 0 Å². The van der Waals surface area contributed by atoms with E-state index >= 15 is 0 Å². The Bertz CT molecular complexity index is 1790. The first-order valence-electron chi connectivity index (χ1n) is 14.2. The molecule has 0 saturated carbocycles. The number of halogens is 2. The molecule has 0 spiro atoms. The van der Waals surface area contributed by atoms with E-state index in [1.165, 1.54) is 12.5 Å². The van der Waals surface area contributed by atoms with Crippen molar-refractivity contribution in [3.63, 3.8) is 0 Å². The molecule has 5 aromatic rings. The summed E-state index contributed by atoms with van der Waals surface area (Å²) >= 11 is 0. The van der Waals surface area contributed by atoms with Crippen molar-refractivity contribution in [3.8, 4) is 28.7 Å². The highest BCUT2D eigenvalue weighted by molar-refractivity contribution is 5.94. The summed E-state index contributed by atoms with van der Waals surface area (Å²) in [6.45, 7) is 0.921. The van der Waals surface area contributed by atoms with Gasteiger partial charge in [-0.2, -0.15) is 10.4 Å². The third-order valence-electron chi connectivity index (χ3n) is 7.76. The lowest BCUT2D eigenvalue weighted by atomic mass is 9.89. The molecule has 44 heavy (non-hydrogen) atoms. The van der Waals surface area contributed by atoms with Crippen LogP contribution in [-0.4, -0.2) is 48.6 Å². The Balaban J connectivity index is 1.09. The predicted molar refractivity (Wildman–Crippen MR) is 157 cm³/mol. The lowest BCUT2D eigenvalue weighted by Gasteiger charge is -2.33. The summed E-state index contributed by atoms with van der Waals surface area (Å²) in [4.78, 5) is 27.4. The van der Waals surface area contributed by atoms with E-state index in [4.69, 9.17) is 4.42 Å². The number of amides is 1. The number of likely N-dealkylation sites (tertiary alicyclic amines) is 1. The van der Waals surface area contributed by atoms with Crippen LogP contribution in [0.1, 0.15) is 42.1 Å². The molecule has 222 valence electrons. The fourth-order valence-electron chi connectivity index (χ4n) is 5.47. The Morgan fingerprint density at radius 2 is 1.98 bits per heavy atom. The zero-order valence-corrected chi connectivity index (χ0v) is 23.6. The first-order valence-corrected chi connectivity index (χ1v) is 14.2. The molecular weight excluding hydrogens is 566 g/mol. The van der Waals surface area contributed by atoms with Crippen LogP contribution in [0.2, 0.25) is 0 Å². The number of carbonyl (C=O) groups is 1. The number of nitrogens with one attached hydrogen (secondary N) is 1. The molecule has 1 N–H and O–H groups in total. The molecule has 10 nitrogen and oxygen atoms in total. The van der Waals surface area contributed by atoms with Gasteiger partial charge in [0.15, 0.2) is 12.2 Å². The van der Waals surface area contributed by atoms with Crippen LogP contribution in [-0.2, 0) is 0 Å². The van der Waals surface area contributed by atoms with Gasteiger partial charge in [-0.3, -0.25) is 9.48 Å². The zero-order valence-electron chi connectivity index (χ0n) is 23.6. The van der Waals surface area contributed by atoms with Crippen molar-refractivity contribution in [1.29, 1.82) is 5.26 Å². The summed E-state index contributed by atoms with van der Waals surface area (Å²) in [5, 5.41) is 17.3. The van der Waals surface area contributed by atoms with Gasteiger partial charge in [0.05, 0.1) is 42.2 Å². The minimum atomic E-state index is -0.857. The fraction of sp³-hybridized carbons (Fsp3) is 0.250. The van der Waals surface area contributed by atoms with E-state index in [0.717, 1.165) is 28.9 Å². The second-order valence-corrected chi connectivity index (χ2v) is 10.7. The summed E-state index contributed by atoms with van der Waals surface area (Å²) in [5.41, 5.74) is 2.99. The Kier molecular flexibility index (Phi) is 8.36. The standard InChI is InChI=1S/C32H28F2N8O2/c33-24-4-5-27(28(34)16-24)31(43)41-12-8-21(9-13-41)14-26(6-10-35)42-19-23(17-38-42)29-7-11-37-32(40-29)39-25-3-1-2-22(15-25)30-18-36-20-44-30/h1-5,7,11,15-21,26H,6,8-9,12-14H2,(H,37,39,40). The number of nitrogens with zero attached hydrogens (tertiary/aromatic N) is 7. The molecule has 12 heteroatoms. The number of benzene rings is 2. The second kappa shape index (κ2) is 12.8. The van der Waals surface area contributed by atoms with E-state index in [1.807, 2.05) is 30.5 Å². The maximum atomic E-state index is 14.1. The number of oxazole rings is 1. The second-order valence-electron chi connectivity index (χ2n) is 10.7. The number of rotatable bonds is 9. The normalized spacial score (nSPS) is 14.2. The van der Waals surface area contributed by atoms with E-state index in [-0.39, 0.29) is 23.9 Å². The van der Waals surface area contributed by atoms with Crippen LogP contribution >= 0.6 is 0 Å². The van der Waals surface area contributed by atoms with Crippen molar-refractivity contribution in [3.05, 3.63) is 96.9 Å². The van der Waals surface area contributed by atoms with Crippen molar-refractivity contribution in [2.75, 3.05) is 18.4 Å². The lowest BCUT2D eigenvalue weighted by Crippen LogP contribution is -2.39. The molecule has 1 aliphatic heterocycles. The molecule has 1 atom stereocenters. The molecule has 1 fully saturated rings. The van der Waals surface area contributed by atoms with E-state index in [9.17, 15) is 18.8 Å². The highest BCUT2D eigenvalue weighted by Gasteiger charge is 2.28. The fourth-order valence-corrected chi connectivity index (χ4v) is 5.47. The highest BCUT2D eigenvalue weighted by atomic mass is 19.1. The zero-order chi connectivity index (χ0) is 30.5. The Labute approximate surface area is 252 Å². The molecule has 1 saturated heterocycles. The van der Waals surface area contributed by atoms with E-state index in [1.54, 1.807) is 34.2 Å². The van der Waals surface area contributed by atoms with Gasteiger partial charge in [0.25, 0.3) is 5.91 Å². The van der Waals surface area contributed by atoms with Crippen LogP contribution in [0, 0.1) is 28.9 Å². The van der Waals surface area contributed by atoms with Gasteiger partial charge >= 0.3 is 0 Å². The smallest absolute Gasteiger partial charge is 0.256 e. The van der Waals surface area contributed by atoms with Gasteiger partial charge in [-0.05, 0) is 55.5 Å². The summed E-state index contributed by atoms with van der Waals surface area (Å²) in [6, 6.07) is 14.6. The van der Waals surface area contributed by atoms with Gasteiger partial charge in [-0.25, -0.2) is 23.7 Å². The topological polar surface area (TPSA) is 126 Å². The lowest BCUT2D eigenvalue weighted by molar-refractivity contribution is 0.0674. The Hall–Kier alpha value is -5.44. The van der Waals surface area contributed by atoms with Gasteiger partial charge in [-0.15, -0.1) is 0 Å². The van der Waals surface area contributed by atoms with Crippen LogP contribution < -0.4 is 5.32 Å². The maximum Gasteiger partial charge on any atom is 0.256 e. The first kappa shape index (κ1) is 28.7. The quantitative estimate of drug-likeness (QED) is 0.207. The maximum absolute atomic E-state index is 14.1. The van der Waals surface area contributed by atoms with E-state index < -0.39 is 17.5 Å². The number of nitriles is 1. The largest absolute Gasteiger partial charge is 0.444 e. The molecular formula is C32H28F2N8O2. The molecule has 0 radical (unpaired) electrons. The monoisotopic (exact) mass is 594 g/mol. The summed E-state index contributed by atoms with van der Waals surface area (Å²) in [6.07, 6.45) is 10.7. The van der Waals surface area contributed by atoms with Crippen molar-refractivity contribution in [2.45, 2.75) is 31.7 Å². The average molecular weight is 595 g/mol. The molecule has 3 aromatic heterocycles. The number of anilines is 2. The Morgan fingerprint density at radius 3 is 2.75 bits per heavy atom. The van der Waals surface area contributed by atoms with Gasteiger partial charge in [0.1, 0.15) is 11.6 Å². The molecule has 6 rings (SSSR count).